The van der Waals surface area contributed by atoms with Gasteiger partial charge in [-0.05, 0) is 32.2 Å². The van der Waals surface area contributed by atoms with Crippen molar-refractivity contribution in [3.63, 3.8) is 0 Å². The first-order valence-corrected chi connectivity index (χ1v) is 4.87. The fraction of sp³-hybridized carbons (Fsp3) is 1.00. The first kappa shape index (κ1) is 9.96. The minimum Gasteiger partial charge on any atom is -0.366 e. The lowest BCUT2D eigenvalue weighted by Gasteiger charge is -2.31. The number of ether oxygens (including phenoxy) is 1. The first-order chi connectivity index (χ1) is 5.86. The van der Waals surface area contributed by atoms with E-state index in [0.29, 0.717) is 5.92 Å². The summed E-state index contributed by atoms with van der Waals surface area (Å²) >= 11 is 0. The highest BCUT2D eigenvalue weighted by atomic mass is 16.5. The molecule has 2 N–H and O–H groups in total. The quantitative estimate of drug-likeness (QED) is 0.676. The molecule has 1 unspecified atom stereocenters. The molecule has 0 amide bonds. The summed E-state index contributed by atoms with van der Waals surface area (Å²) in [7, 11) is 0. The van der Waals surface area contributed by atoms with E-state index in [9.17, 15) is 0 Å². The Balaban J connectivity index is 2.16. The largest absolute Gasteiger partial charge is 0.366 e. The SMILES string of the molecule is CCOCN1CCCC(CN)C1. The molecule has 0 bridgehead atoms. The summed E-state index contributed by atoms with van der Waals surface area (Å²) in [5, 5.41) is 0. The molecule has 0 spiro atoms. The van der Waals surface area contributed by atoms with E-state index in [2.05, 4.69) is 4.90 Å². The Morgan fingerprint density at radius 1 is 1.58 bits per heavy atom. The van der Waals surface area contributed by atoms with Crippen LogP contribution < -0.4 is 5.73 Å². The zero-order valence-electron chi connectivity index (χ0n) is 7.96. The Hall–Kier alpha value is -0.120. The second kappa shape index (κ2) is 5.51. The predicted molar refractivity (Wildman–Crippen MR) is 49.8 cm³/mol. The zero-order valence-corrected chi connectivity index (χ0v) is 7.96. The molecule has 1 rings (SSSR count). The second-order valence-corrected chi connectivity index (χ2v) is 3.44. The third-order valence-electron chi connectivity index (χ3n) is 2.41. The van der Waals surface area contributed by atoms with Crippen LogP contribution in [0.5, 0.6) is 0 Å². The summed E-state index contributed by atoms with van der Waals surface area (Å²) in [5.74, 6) is 0.694. The maximum atomic E-state index is 5.63. The van der Waals surface area contributed by atoms with E-state index in [1.54, 1.807) is 0 Å². The van der Waals surface area contributed by atoms with Crippen molar-refractivity contribution < 1.29 is 4.74 Å². The van der Waals surface area contributed by atoms with Gasteiger partial charge >= 0.3 is 0 Å². The number of piperidine rings is 1. The summed E-state index contributed by atoms with van der Waals surface area (Å²) < 4.78 is 5.35. The highest BCUT2D eigenvalue weighted by Gasteiger charge is 2.17. The van der Waals surface area contributed by atoms with Crippen molar-refractivity contribution in [3.8, 4) is 0 Å². The molecule has 72 valence electrons. The van der Waals surface area contributed by atoms with Crippen LogP contribution in [-0.2, 0) is 4.74 Å². The standard InChI is InChI=1S/C9H20N2O/c1-2-12-8-11-5-3-4-9(6-10)7-11/h9H,2-8,10H2,1H3. The van der Waals surface area contributed by atoms with Gasteiger partial charge in [0.1, 0.15) is 0 Å². The van der Waals surface area contributed by atoms with Crippen molar-refractivity contribution in [2.24, 2.45) is 11.7 Å². The summed E-state index contributed by atoms with van der Waals surface area (Å²) in [5.41, 5.74) is 5.63. The Morgan fingerprint density at radius 2 is 2.42 bits per heavy atom. The maximum absolute atomic E-state index is 5.63. The normalized spacial score (nSPS) is 26.0. The van der Waals surface area contributed by atoms with Crippen molar-refractivity contribution in [2.45, 2.75) is 19.8 Å². The maximum Gasteiger partial charge on any atom is 0.0990 e. The van der Waals surface area contributed by atoms with Crippen LogP contribution >= 0.6 is 0 Å². The molecule has 0 aliphatic carbocycles. The molecule has 0 aromatic carbocycles. The van der Waals surface area contributed by atoms with E-state index in [1.807, 2.05) is 6.92 Å². The molecule has 0 aromatic heterocycles. The van der Waals surface area contributed by atoms with Crippen LogP contribution in [-0.4, -0.2) is 37.9 Å². The molecule has 12 heavy (non-hydrogen) atoms. The van der Waals surface area contributed by atoms with Crippen molar-refractivity contribution >= 4 is 0 Å². The van der Waals surface area contributed by atoms with Crippen molar-refractivity contribution in [3.05, 3.63) is 0 Å². The van der Waals surface area contributed by atoms with E-state index in [4.69, 9.17) is 10.5 Å². The first-order valence-electron chi connectivity index (χ1n) is 4.87. The molecular formula is C9H20N2O. The zero-order chi connectivity index (χ0) is 8.81. The Labute approximate surface area is 74.9 Å². The molecular weight excluding hydrogens is 152 g/mol. The van der Waals surface area contributed by atoms with Gasteiger partial charge in [0.15, 0.2) is 0 Å². The highest BCUT2D eigenvalue weighted by molar-refractivity contribution is 4.71. The predicted octanol–water partition coefficient (Wildman–Crippen LogP) is 0.651. The van der Waals surface area contributed by atoms with Gasteiger partial charge in [0.2, 0.25) is 0 Å². The molecule has 1 aliphatic rings. The molecule has 1 fully saturated rings. The van der Waals surface area contributed by atoms with Gasteiger partial charge in [0, 0.05) is 19.7 Å². The fourth-order valence-electron chi connectivity index (χ4n) is 1.68. The fourth-order valence-corrected chi connectivity index (χ4v) is 1.68. The minimum atomic E-state index is 0.694. The van der Waals surface area contributed by atoms with Crippen LogP contribution in [0.3, 0.4) is 0 Å². The van der Waals surface area contributed by atoms with Crippen molar-refractivity contribution in [2.75, 3.05) is 33.0 Å². The Morgan fingerprint density at radius 3 is 3.08 bits per heavy atom. The molecule has 0 saturated carbocycles. The molecule has 1 heterocycles. The van der Waals surface area contributed by atoms with Crippen LogP contribution in [0, 0.1) is 5.92 Å². The summed E-state index contributed by atoms with van der Waals surface area (Å²) in [6.45, 7) is 6.75. The van der Waals surface area contributed by atoms with Gasteiger partial charge in [-0.2, -0.15) is 0 Å². The summed E-state index contributed by atoms with van der Waals surface area (Å²) in [4.78, 5) is 2.35. The van der Waals surface area contributed by atoms with Crippen LogP contribution in [0.2, 0.25) is 0 Å². The van der Waals surface area contributed by atoms with Gasteiger partial charge in [0.05, 0.1) is 6.73 Å². The van der Waals surface area contributed by atoms with Gasteiger partial charge < -0.3 is 10.5 Å². The van der Waals surface area contributed by atoms with E-state index in [1.165, 1.54) is 19.4 Å². The van der Waals surface area contributed by atoms with Gasteiger partial charge in [-0.25, -0.2) is 0 Å². The number of rotatable bonds is 4. The summed E-state index contributed by atoms with van der Waals surface area (Å²) in [6, 6.07) is 0. The molecule has 1 atom stereocenters. The van der Waals surface area contributed by atoms with Crippen molar-refractivity contribution in [1.29, 1.82) is 0 Å². The lowest BCUT2D eigenvalue weighted by Crippen LogP contribution is -2.39. The molecule has 3 nitrogen and oxygen atoms in total. The van der Waals surface area contributed by atoms with Crippen LogP contribution in [0.1, 0.15) is 19.8 Å². The smallest absolute Gasteiger partial charge is 0.0990 e. The average molecular weight is 172 g/mol. The van der Waals surface area contributed by atoms with E-state index >= 15 is 0 Å². The molecule has 0 aromatic rings. The van der Waals surface area contributed by atoms with Crippen LogP contribution in [0.4, 0.5) is 0 Å². The third-order valence-corrected chi connectivity index (χ3v) is 2.41. The van der Waals surface area contributed by atoms with Gasteiger partial charge in [-0.3, -0.25) is 4.90 Å². The molecule has 1 saturated heterocycles. The second-order valence-electron chi connectivity index (χ2n) is 3.44. The average Bonchev–Trinajstić information content (AvgIpc) is 2.15. The van der Waals surface area contributed by atoms with E-state index in [0.717, 1.165) is 26.4 Å². The van der Waals surface area contributed by atoms with Gasteiger partial charge in [-0.1, -0.05) is 0 Å². The van der Waals surface area contributed by atoms with Crippen LogP contribution in [0.15, 0.2) is 0 Å². The molecule has 3 heteroatoms. The number of hydrogen-bond donors (Lipinski definition) is 1. The number of nitrogens with zero attached hydrogens (tertiary/aromatic N) is 1. The Kier molecular flexibility index (Phi) is 4.58. The highest BCUT2D eigenvalue weighted by Crippen LogP contribution is 2.14. The topological polar surface area (TPSA) is 38.5 Å². The third kappa shape index (κ3) is 3.09. The molecule has 1 aliphatic heterocycles. The van der Waals surface area contributed by atoms with Crippen molar-refractivity contribution in [1.82, 2.24) is 4.90 Å². The van der Waals surface area contributed by atoms with Gasteiger partial charge in [-0.15, -0.1) is 0 Å². The monoisotopic (exact) mass is 172 g/mol. The molecule has 0 radical (unpaired) electrons. The van der Waals surface area contributed by atoms with E-state index < -0.39 is 0 Å². The lowest BCUT2D eigenvalue weighted by atomic mass is 9.99. The van der Waals surface area contributed by atoms with Crippen LogP contribution in [0.25, 0.3) is 0 Å². The number of nitrogens with two attached hydrogens (primary N) is 1. The number of hydrogen-bond acceptors (Lipinski definition) is 3. The lowest BCUT2D eigenvalue weighted by molar-refractivity contribution is 0.0133. The van der Waals surface area contributed by atoms with E-state index in [-0.39, 0.29) is 0 Å². The van der Waals surface area contributed by atoms with Gasteiger partial charge in [0.25, 0.3) is 0 Å². The summed E-state index contributed by atoms with van der Waals surface area (Å²) in [6.07, 6.45) is 2.56. The minimum absolute atomic E-state index is 0.694. The Bertz CT molecular complexity index is 119. The number of likely N-dealkylation sites (tertiary alicyclic amines) is 1.